The zero-order chi connectivity index (χ0) is 13.7. The highest BCUT2D eigenvalue weighted by Crippen LogP contribution is 2.45. The normalized spacial score (nSPS) is 25.1. The quantitative estimate of drug-likeness (QED) is 0.797. The lowest BCUT2D eigenvalue weighted by Gasteiger charge is -2.24. The molecule has 104 valence electrons. The lowest BCUT2D eigenvalue weighted by molar-refractivity contribution is 0.437. The van der Waals surface area contributed by atoms with Crippen LogP contribution in [0.3, 0.4) is 0 Å². The van der Waals surface area contributed by atoms with Crippen LogP contribution in [0.5, 0.6) is 0 Å². The minimum absolute atomic E-state index is 0.0816. The summed E-state index contributed by atoms with van der Waals surface area (Å²) in [5.74, 6) is 0.127. The average Bonchev–Trinajstić information content (AvgIpc) is 2.56. The van der Waals surface area contributed by atoms with Crippen molar-refractivity contribution < 1.29 is 16.8 Å². The summed E-state index contributed by atoms with van der Waals surface area (Å²) in [4.78, 5) is -0.238. The molecule has 2 aliphatic rings. The minimum Gasteiger partial charge on any atom is -0.428 e. The van der Waals surface area contributed by atoms with Gasteiger partial charge in [-0.3, -0.25) is 0 Å². The summed E-state index contributed by atoms with van der Waals surface area (Å²) >= 11 is 0. The topological polar surface area (TPSA) is 82.4 Å². The fourth-order valence-corrected chi connectivity index (χ4v) is 6.70. The van der Waals surface area contributed by atoms with Crippen LogP contribution in [-0.2, 0) is 20.0 Å². The Kier molecular flexibility index (Phi) is 2.95. The van der Waals surface area contributed by atoms with Crippen molar-refractivity contribution in [3.8, 4) is 0 Å². The number of hydrogen-bond acceptors (Lipinski definition) is 4. The molecule has 0 amide bonds. The second kappa shape index (κ2) is 4.29. The molecule has 0 N–H and O–H groups in total. The van der Waals surface area contributed by atoms with E-state index in [1.165, 1.54) is 6.07 Å². The van der Waals surface area contributed by atoms with Crippen molar-refractivity contribution in [1.82, 2.24) is 0 Å². The van der Waals surface area contributed by atoms with E-state index in [0.717, 1.165) is 32.1 Å². The summed E-state index contributed by atoms with van der Waals surface area (Å²) in [7, 11) is -8.09. The van der Waals surface area contributed by atoms with Crippen LogP contribution in [0.2, 0.25) is 0 Å². The number of fused-ring (bicyclic) bond motifs is 1. The molecule has 0 spiro atoms. The van der Waals surface area contributed by atoms with Gasteiger partial charge in [0.15, 0.2) is 0 Å². The Hall–Kier alpha value is -0.920. The van der Waals surface area contributed by atoms with Gasteiger partial charge >= 0.3 is 0 Å². The number of nitrogens with zero attached hydrogens (tertiary/aromatic N) is 1. The Morgan fingerprint density at radius 2 is 1.63 bits per heavy atom. The molecule has 5 nitrogen and oxygen atoms in total. The molecule has 0 saturated heterocycles. The highest BCUT2D eigenvalue weighted by atomic mass is 32.3. The Morgan fingerprint density at radius 3 is 2.32 bits per heavy atom. The van der Waals surface area contributed by atoms with Crippen molar-refractivity contribution >= 4 is 20.0 Å². The van der Waals surface area contributed by atoms with Crippen LogP contribution >= 0.6 is 0 Å². The van der Waals surface area contributed by atoms with E-state index in [-0.39, 0.29) is 15.7 Å². The van der Waals surface area contributed by atoms with E-state index in [4.69, 9.17) is 0 Å². The van der Waals surface area contributed by atoms with E-state index in [0.29, 0.717) is 5.56 Å². The molecule has 0 radical (unpaired) electrons. The summed E-state index contributed by atoms with van der Waals surface area (Å²) in [5.41, 5.74) is 0.627. The third-order valence-electron chi connectivity index (χ3n) is 3.79. The molecule has 1 heterocycles. The SMILES string of the molecule is O=S1(=O)[N-]S(=O)(=O)c2c(C3CCCCC3)cccc21. The van der Waals surface area contributed by atoms with E-state index in [2.05, 4.69) is 4.13 Å². The maximum Gasteiger partial charge on any atom is 0.114 e. The third-order valence-corrected chi connectivity index (χ3v) is 7.35. The average molecular weight is 300 g/mol. The largest absolute Gasteiger partial charge is 0.428 e. The third kappa shape index (κ3) is 2.09. The molecule has 1 aromatic rings. The first kappa shape index (κ1) is 13.1. The lowest BCUT2D eigenvalue weighted by Crippen LogP contribution is -2.09. The molecule has 1 aromatic carbocycles. The van der Waals surface area contributed by atoms with E-state index >= 15 is 0 Å². The standard InChI is InChI=1S/C12H14NO4S2/c14-18(15)11-8-4-7-10(9-5-2-1-3-6-9)12(11)19(16,17)13-18/h4,7-9H,1-3,5-6H2/q-1. The van der Waals surface area contributed by atoms with Crippen molar-refractivity contribution in [1.29, 1.82) is 0 Å². The number of sulfonamides is 2. The van der Waals surface area contributed by atoms with Gasteiger partial charge in [0.1, 0.15) is 20.0 Å². The van der Waals surface area contributed by atoms with Gasteiger partial charge in [-0.1, -0.05) is 31.4 Å². The highest BCUT2D eigenvalue weighted by Gasteiger charge is 2.32. The number of benzene rings is 1. The van der Waals surface area contributed by atoms with Crippen molar-refractivity contribution in [3.63, 3.8) is 0 Å². The smallest absolute Gasteiger partial charge is 0.114 e. The number of hydrogen-bond donors (Lipinski definition) is 0. The molecule has 0 atom stereocenters. The Balaban J connectivity index is 2.22. The first-order chi connectivity index (χ1) is 8.92. The maximum atomic E-state index is 12.0. The number of rotatable bonds is 1. The van der Waals surface area contributed by atoms with Crippen LogP contribution in [0.15, 0.2) is 28.0 Å². The Morgan fingerprint density at radius 1 is 0.947 bits per heavy atom. The summed E-state index contributed by atoms with van der Waals surface area (Å²) in [6.45, 7) is 0. The van der Waals surface area contributed by atoms with Gasteiger partial charge in [0.25, 0.3) is 0 Å². The fourth-order valence-electron chi connectivity index (χ4n) is 2.95. The molecular weight excluding hydrogens is 286 g/mol. The van der Waals surface area contributed by atoms with Gasteiger partial charge in [0.2, 0.25) is 0 Å². The molecule has 0 aromatic heterocycles. The van der Waals surface area contributed by atoms with E-state index < -0.39 is 20.0 Å². The highest BCUT2D eigenvalue weighted by molar-refractivity contribution is 8.14. The van der Waals surface area contributed by atoms with Gasteiger partial charge in [-0.15, -0.1) is 0 Å². The van der Waals surface area contributed by atoms with E-state index in [1.807, 2.05) is 0 Å². The van der Waals surface area contributed by atoms with Crippen molar-refractivity contribution in [2.45, 2.75) is 47.8 Å². The predicted octanol–water partition coefficient (Wildman–Crippen LogP) is 2.50. The van der Waals surface area contributed by atoms with Crippen LogP contribution in [0.1, 0.15) is 43.6 Å². The zero-order valence-electron chi connectivity index (χ0n) is 10.2. The molecule has 1 aliphatic carbocycles. The van der Waals surface area contributed by atoms with Crippen LogP contribution in [0.25, 0.3) is 4.13 Å². The first-order valence-electron chi connectivity index (χ1n) is 6.29. The summed E-state index contributed by atoms with van der Waals surface area (Å²) in [6, 6.07) is 4.66. The van der Waals surface area contributed by atoms with Crippen LogP contribution in [0.4, 0.5) is 0 Å². The molecule has 1 aliphatic heterocycles. The van der Waals surface area contributed by atoms with Crippen LogP contribution < -0.4 is 0 Å². The van der Waals surface area contributed by atoms with Gasteiger partial charge in [-0.2, -0.15) is 0 Å². The van der Waals surface area contributed by atoms with Gasteiger partial charge < -0.3 is 4.13 Å². The summed E-state index contributed by atoms with van der Waals surface area (Å²) in [6.07, 6.45) is 5.08. The monoisotopic (exact) mass is 300 g/mol. The Labute approximate surface area is 113 Å². The summed E-state index contributed by atoms with van der Waals surface area (Å²) in [5, 5.41) is 0. The molecule has 19 heavy (non-hydrogen) atoms. The van der Waals surface area contributed by atoms with Crippen LogP contribution in [-0.4, -0.2) is 16.8 Å². The van der Waals surface area contributed by atoms with Crippen LogP contribution in [0, 0.1) is 0 Å². The molecule has 1 saturated carbocycles. The molecule has 0 bridgehead atoms. The maximum absolute atomic E-state index is 12.0. The lowest BCUT2D eigenvalue weighted by atomic mass is 9.84. The Bertz CT molecular complexity index is 716. The molecule has 7 heteroatoms. The van der Waals surface area contributed by atoms with E-state index in [1.54, 1.807) is 12.1 Å². The van der Waals surface area contributed by atoms with Gasteiger partial charge in [-0.25, -0.2) is 16.8 Å². The second-order valence-electron chi connectivity index (χ2n) is 5.03. The fraction of sp³-hybridized carbons (Fsp3) is 0.500. The molecule has 3 rings (SSSR count). The molecular formula is C12H14NO4S2-. The van der Waals surface area contributed by atoms with Crippen molar-refractivity contribution in [3.05, 3.63) is 27.9 Å². The minimum atomic E-state index is -4.06. The van der Waals surface area contributed by atoms with E-state index in [9.17, 15) is 16.8 Å². The van der Waals surface area contributed by atoms with Crippen molar-refractivity contribution in [2.24, 2.45) is 0 Å². The molecule has 0 unspecified atom stereocenters. The van der Waals surface area contributed by atoms with Gasteiger partial charge in [0, 0.05) is 0 Å². The van der Waals surface area contributed by atoms with Gasteiger partial charge in [0.05, 0.1) is 9.79 Å². The first-order valence-corrected chi connectivity index (χ1v) is 9.17. The second-order valence-corrected chi connectivity index (χ2v) is 8.38. The van der Waals surface area contributed by atoms with Gasteiger partial charge in [-0.05, 0) is 30.4 Å². The van der Waals surface area contributed by atoms with Crippen molar-refractivity contribution in [2.75, 3.05) is 0 Å². The predicted molar refractivity (Wildman–Crippen MR) is 70.0 cm³/mol. The molecule has 1 fully saturated rings. The zero-order valence-corrected chi connectivity index (χ0v) is 11.9. The summed E-state index contributed by atoms with van der Waals surface area (Å²) < 4.78 is 50.5.